The van der Waals surface area contributed by atoms with Crippen LogP contribution in [0.15, 0.2) is 18.2 Å². The average Bonchev–Trinajstić information content (AvgIpc) is 2.35. The molecule has 100 valence electrons. The van der Waals surface area contributed by atoms with Crippen molar-refractivity contribution in [3.8, 4) is 0 Å². The Bertz CT molecular complexity index is 377. The Morgan fingerprint density at radius 3 is 2.61 bits per heavy atom. The van der Waals surface area contributed by atoms with E-state index in [9.17, 15) is 5.11 Å². The van der Waals surface area contributed by atoms with Crippen LogP contribution in [0.2, 0.25) is 0 Å². The molecule has 1 N–H and O–H groups in total. The Kier molecular flexibility index (Phi) is 4.82. The topological polar surface area (TPSA) is 20.2 Å². The highest BCUT2D eigenvalue weighted by atomic mass is 16.3. The number of hydrogen-bond donors (Lipinski definition) is 1. The molecule has 1 atom stereocenters. The van der Waals surface area contributed by atoms with Crippen LogP contribution in [-0.4, -0.2) is 11.2 Å². The van der Waals surface area contributed by atoms with Crippen molar-refractivity contribution in [3.05, 3.63) is 34.9 Å². The van der Waals surface area contributed by atoms with Crippen LogP contribution in [0.3, 0.4) is 0 Å². The Balaban J connectivity index is 1.89. The second-order valence-electron chi connectivity index (χ2n) is 6.03. The highest BCUT2D eigenvalue weighted by Crippen LogP contribution is 2.28. The van der Waals surface area contributed by atoms with E-state index in [2.05, 4.69) is 32.0 Å². The Morgan fingerprint density at radius 2 is 1.89 bits per heavy atom. The Hall–Kier alpha value is -0.820. The molecule has 1 aromatic carbocycles. The summed E-state index contributed by atoms with van der Waals surface area (Å²) in [7, 11) is 0. The van der Waals surface area contributed by atoms with E-state index in [0.29, 0.717) is 0 Å². The molecule has 1 unspecified atom stereocenters. The van der Waals surface area contributed by atoms with E-state index in [-0.39, 0.29) is 6.10 Å². The zero-order valence-electron chi connectivity index (χ0n) is 11.8. The van der Waals surface area contributed by atoms with Gasteiger partial charge in [-0.25, -0.2) is 0 Å². The number of hydrogen-bond acceptors (Lipinski definition) is 1. The minimum Gasteiger partial charge on any atom is -0.393 e. The first kappa shape index (κ1) is 13.6. The lowest BCUT2D eigenvalue weighted by Gasteiger charge is -2.24. The quantitative estimate of drug-likeness (QED) is 0.845. The average molecular weight is 246 g/mol. The maximum absolute atomic E-state index is 10.3. The van der Waals surface area contributed by atoms with E-state index in [4.69, 9.17) is 0 Å². The summed E-state index contributed by atoms with van der Waals surface area (Å²) in [6, 6.07) is 6.53. The van der Waals surface area contributed by atoms with Gasteiger partial charge in [0, 0.05) is 0 Å². The summed E-state index contributed by atoms with van der Waals surface area (Å²) < 4.78 is 0. The van der Waals surface area contributed by atoms with Crippen LogP contribution in [0.4, 0.5) is 0 Å². The summed E-state index contributed by atoms with van der Waals surface area (Å²) in [5, 5.41) is 10.3. The summed E-state index contributed by atoms with van der Waals surface area (Å²) in [5.74, 6) is 0.763. The largest absolute Gasteiger partial charge is 0.393 e. The van der Waals surface area contributed by atoms with Gasteiger partial charge in [-0.1, -0.05) is 55.9 Å². The molecule has 1 fully saturated rings. The van der Waals surface area contributed by atoms with Crippen molar-refractivity contribution in [1.82, 2.24) is 0 Å². The Labute approximate surface area is 111 Å². The van der Waals surface area contributed by atoms with Crippen LogP contribution >= 0.6 is 0 Å². The second kappa shape index (κ2) is 6.38. The lowest BCUT2D eigenvalue weighted by Crippen LogP contribution is -2.18. The van der Waals surface area contributed by atoms with E-state index in [1.54, 1.807) is 0 Å². The summed E-state index contributed by atoms with van der Waals surface area (Å²) >= 11 is 0. The molecule has 1 nitrogen and oxygen atoms in total. The minimum atomic E-state index is -0.159. The first-order valence-electron chi connectivity index (χ1n) is 7.39. The van der Waals surface area contributed by atoms with Gasteiger partial charge in [0.1, 0.15) is 0 Å². The van der Waals surface area contributed by atoms with Gasteiger partial charge in [0.25, 0.3) is 0 Å². The maximum atomic E-state index is 10.3. The molecule has 0 spiro atoms. The molecule has 1 aliphatic carbocycles. The van der Waals surface area contributed by atoms with Crippen molar-refractivity contribution in [2.24, 2.45) is 5.92 Å². The van der Waals surface area contributed by atoms with Crippen LogP contribution < -0.4 is 0 Å². The smallest absolute Gasteiger partial charge is 0.0583 e. The molecule has 0 heterocycles. The zero-order valence-corrected chi connectivity index (χ0v) is 11.8. The molecule has 0 aliphatic heterocycles. The second-order valence-corrected chi connectivity index (χ2v) is 6.03. The van der Waals surface area contributed by atoms with Gasteiger partial charge in [-0.3, -0.25) is 0 Å². The molecule has 0 amide bonds. The van der Waals surface area contributed by atoms with Crippen molar-refractivity contribution in [2.75, 3.05) is 0 Å². The van der Waals surface area contributed by atoms with Crippen molar-refractivity contribution >= 4 is 0 Å². The van der Waals surface area contributed by atoms with Crippen LogP contribution in [0.5, 0.6) is 0 Å². The van der Waals surface area contributed by atoms with E-state index >= 15 is 0 Å². The van der Waals surface area contributed by atoms with Crippen LogP contribution in [0, 0.1) is 19.8 Å². The molecule has 1 aromatic rings. The van der Waals surface area contributed by atoms with Crippen molar-refractivity contribution in [1.29, 1.82) is 0 Å². The molecule has 1 heteroatoms. The standard InChI is InChI=1S/C17H26O/c1-13-8-9-14(2)16(10-13)12-17(18)11-15-6-4-3-5-7-15/h8-10,15,17-18H,3-7,11-12H2,1-2H3. The molecule has 1 aliphatic rings. The first-order chi connectivity index (χ1) is 8.65. The van der Waals surface area contributed by atoms with E-state index in [0.717, 1.165) is 18.8 Å². The molecular weight excluding hydrogens is 220 g/mol. The molecule has 0 radical (unpaired) electrons. The SMILES string of the molecule is Cc1ccc(C)c(CC(O)CC2CCCCC2)c1. The fraction of sp³-hybridized carbons (Fsp3) is 0.647. The highest BCUT2D eigenvalue weighted by Gasteiger charge is 2.18. The third-order valence-electron chi connectivity index (χ3n) is 4.29. The number of aryl methyl sites for hydroxylation is 2. The molecule has 0 saturated heterocycles. The highest BCUT2D eigenvalue weighted by molar-refractivity contribution is 5.30. The van der Waals surface area contributed by atoms with Crippen molar-refractivity contribution in [3.63, 3.8) is 0 Å². The predicted molar refractivity (Wildman–Crippen MR) is 76.8 cm³/mol. The summed E-state index contributed by atoms with van der Waals surface area (Å²) in [4.78, 5) is 0. The first-order valence-corrected chi connectivity index (χ1v) is 7.39. The fourth-order valence-electron chi connectivity index (χ4n) is 3.16. The molecule has 1 saturated carbocycles. The van der Waals surface area contributed by atoms with Gasteiger partial charge >= 0.3 is 0 Å². The van der Waals surface area contributed by atoms with Crippen LogP contribution in [0.1, 0.15) is 55.2 Å². The molecule has 18 heavy (non-hydrogen) atoms. The normalized spacial score (nSPS) is 18.8. The third-order valence-corrected chi connectivity index (χ3v) is 4.29. The maximum Gasteiger partial charge on any atom is 0.0583 e. The number of aliphatic hydroxyl groups excluding tert-OH is 1. The molecule has 0 bridgehead atoms. The van der Waals surface area contributed by atoms with Gasteiger partial charge in [0.05, 0.1) is 6.10 Å². The number of aliphatic hydroxyl groups is 1. The van der Waals surface area contributed by atoms with Gasteiger partial charge < -0.3 is 5.11 Å². The Morgan fingerprint density at radius 1 is 1.17 bits per heavy atom. The van der Waals surface area contributed by atoms with Gasteiger partial charge in [0.2, 0.25) is 0 Å². The molecule has 0 aromatic heterocycles. The number of benzene rings is 1. The van der Waals surface area contributed by atoms with Gasteiger partial charge in [-0.15, -0.1) is 0 Å². The van der Waals surface area contributed by atoms with E-state index < -0.39 is 0 Å². The lowest BCUT2D eigenvalue weighted by atomic mass is 9.84. The summed E-state index contributed by atoms with van der Waals surface area (Å²) in [5.41, 5.74) is 3.92. The predicted octanol–water partition coefficient (Wildman–Crippen LogP) is 4.18. The molecule has 2 rings (SSSR count). The monoisotopic (exact) mass is 246 g/mol. The van der Waals surface area contributed by atoms with Crippen molar-refractivity contribution < 1.29 is 5.11 Å². The van der Waals surface area contributed by atoms with Crippen molar-refractivity contribution in [2.45, 2.75) is 64.9 Å². The fourth-order valence-corrected chi connectivity index (χ4v) is 3.16. The summed E-state index contributed by atoms with van der Waals surface area (Å²) in [6.45, 7) is 4.26. The minimum absolute atomic E-state index is 0.159. The van der Waals surface area contributed by atoms with E-state index in [1.807, 2.05) is 0 Å². The van der Waals surface area contributed by atoms with E-state index in [1.165, 1.54) is 48.8 Å². The summed E-state index contributed by atoms with van der Waals surface area (Å²) in [6.07, 6.45) is 8.42. The third kappa shape index (κ3) is 3.84. The molecular formula is C17H26O. The lowest BCUT2D eigenvalue weighted by molar-refractivity contribution is 0.130. The van der Waals surface area contributed by atoms with Gasteiger partial charge in [0.15, 0.2) is 0 Å². The van der Waals surface area contributed by atoms with Crippen LogP contribution in [-0.2, 0) is 6.42 Å². The van der Waals surface area contributed by atoms with Gasteiger partial charge in [-0.2, -0.15) is 0 Å². The van der Waals surface area contributed by atoms with Gasteiger partial charge in [-0.05, 0) is 43.7 Å². The zero-order chi connectivity index (χ0) is 13.0. The number of rotatable bonds is 4. The van der Waals surface area contributed by atoms with Crippen LogP contribution in [0.25, 0.3) is 0 Å².